The van der Waals surface area contributed by atoms with Crippen molar-refractivity contribution in [2.75, 3.05) is 13.7 Å². The van der Waals surface area contributed by atoms with Crippen LogP contribution in [-0.4, -0.2) is 53.1 Å². The molecule has 0 aliphatic carbocycles. The Morgan fingerprint density at radius 3 is 2.30 bits per heavy atom. The molecule has 0 aliphatic heterocycles. The summed E-state index contributed by atoms with van der Waals surface area (Å²) in [4.78, 5) is 27.0. The number of amides is 1. The van der Waals surface area contributed by atoms with Gasteiger partial charge in [-0.25, -0.2) is 0 Å². The number of aliphatic hydroxyl groups is 1. The molecule has 0 radical (unpaired) electrons. The van der Waals surface area contributed by atoms with E-state index in [-0.39, 0.29) is 17.6 Å². The van der Waals surface area contributed by atoms with Gasteiger partial charge < -0.3 is 25.6 Å². The Kier molecular flexibility index (Phi) is 8.31. The maximum atomic E-state index is 11.6. The van der Waals surface area contributed by atoms with Gasteiger partial charge in [0.05, 0.1) is 31.7 Å². The van der Waals surface area contributed by atoms with Crippen LogP contribution in [0.25, 0.3) is 0 Å². The van der Waals surface area contributed by atoms with Gasteiger partial charge in [-0.1, -0.05) is 20.8 Å². The lowest BCUT2D eigenvalue weighted by Gasteiger charge is -2.32. The first-order valence-corrected chi connectivity index (χ1v) is 6.43. The Morgan fingerprint density at radius 1 is 1.40 bits per heavy atom. The minimum absolute atomic E-state index is 0.0909. The van der Waals surface area contributed by atoms with Crippen LogP contribution < -0.4 is 5.32 Å². The van der Waals surface area contributed by atoms with E-state index in [0.717, 1.165) is 7.11 Å². The largest absolute Gasteiger partial charge is 0.762 e. The number of hydrogen-bond donors (Lipinski definition) is 3. The highest BCUT2D eigenvalue weighted by molar-refractivity contribution is 5.78. The van der Waals surface area contributed by atoms with E-state index in [9.17, 15) is 19.9 Å². The third-order valence-corrected chi connectivity index (χ3v) is 3.06. The van der Waals surface area contributed by atoms with E-state index in [0.29, 0.717) is 0 Å². The molecular weight excluding hydrogens is 268 g/mol. The predicted molar refractivity (Wildman–Crippen MR) is 71.3 cm³/mol. The van der Waals surface area contributed by atoms with Crippen molar-refractivity contribution in [2.45, 2.75) is 39.3 Å². The molecule has 0 aliphatic rings. The third-order valence-electron chi connectivity index (χ3n) is 3.06. The summed E-state index contributed by atoms with van der Waals surface area (Å²) < 4.78 is 0. The Labute approximate surface area is 118 Å². The highest BCUT2D eigenvalue weighted by atomic mass is 16.9. The number of rotatable bonds is 9. The summed E-state index contributed by atoms with van der Waals surface area (Å²) >= 11 is 0. The highest BCUT2D eigenvalue weighted by Crippen LogP contribution is 2.18. The van der Waals surface area contributed by atoms with E-state index in [2.05, 4.69) is 10.2 Å². The summed E-state index contributed by atoms with van der Waals surface area (Å²) in [5, 5.41) is 32.7. The minimum atomic E-state index is -1.23. The molecule has 0 bridgehead atoms. The lowest BCUT2D eigenvalue weighted by Crippen LogP contribution is -2.52. The predicted octanol–water partition coefficient (Wildman–Crippen LogP) is -0.0399. The van der Waals surface area contributed by atoms with Crippen LogP contribution >= 0.6 is 0 Å². The molecule has 8 heteroatoms. The molecule has 3 N–H and O–H groups in total. The average molecular weight is 291 g/mol. The molecular formula is C12H23N2O6-. The standard InChI is InChI=1S/C12H23N2O6/c1-5-8(12(17)18)11(16)10(7(2)3)13-9(15)6-14(19)20-4/h7-8,10-11,16H,5-6H2,1-4H3,(H,13,15)(H,17,18)/q-1. The van der Waals surface area contributed by atoms with Gasteiger partial charge in [0.15, 0.2) is 0 Å². The van der Waals surface area contributed by atoms with Gasteiger partial charge in [-0.3, -0.25) is 14.8 Å². The number of nitrogens with zero attached hydrogens (tertiary/aromatic N) is 1. The SMILES string of the molecule is CCC(C(=O)O)C(O)C(NC(=O)CN([O-])OC)C(C)C. The first-order valence-electron chi connectivity index (χ1n) is 6.43. The average Bonchev–Trinajstić information content (AvgIpc) is 2.35. The van der Waals surface area contributed by atoms with Crippen molar-refractivity contribution in [1.29, 1.82) is 0 Å². The Hall–Kier alpha value is -1.22. The normalized spacial score (nSPS) is 16.0. The molecule has 0 heterocycles. The quantitative estimate of drug-likeness (QED) is 0.509. The number of carbonyl (C=O) groups excluding carboxylic acids is 1. The highest BCUT2D eigenvalue weighted by Gasteiger charge is 2.34. The Morgan fingerprint density at radius 2 is 1.95 bits per heavy atom. The molecule has 8 nitrogen and oxygen atoms in total. The molecule has 0 spiro atoms. The molecule has 3 atom stereocenters. The fraction of sp³-hybridized carbons (Fsp3) is 0.833. The van der Waals surface area contributed by atoms with Crippen LogP contribution in [0, 0.1) is 17.0 Å². The van der Waals surface area contributed by atoms with Crippen LogP contribution in [0.3, 0.4) is 0 Å². The van der Waals surface area contributed by atoms with Crippen molar-refractivity contribution in [3.8, 4) is 0 Å². The van der Waals surface area contributed by atoms with Crippen LogP contribution in [-0.2, 0) is 14.4 Å². The molecule has 0 saturated heterocycles. The second kappa shape index (κ2) is 8.85. The van der Waals surface area contributed by atoms with Crippen molar-refractivity contribution in [3.63, 3.8) is 0 Å². The number of aliphatic hydroxyl groups excluding tert-OH is 1. The molecule has 3 unspecified atom stereocenters. The van der Waals surface area contributed by atoms with Crippen molar-refractivity contribution >= 4 is 11.9 Å². The van der Waals surface area contributed by atoms with Crippen LogP contribution in [0.15, 0.2) is 0 Å². The molecule has 0 aromatic carbocycles. The van der Waals surface area contributed by atoms with Gasteiger partial charge in [0.1, 0.15) is 0 Å². The Balaban J connectivity index is 4.80. The second-order valence-corrected chi connectivity index (χ2v) is 4.85. The first-order chi connectivity index (χ1) is 9.24. The number of nitrogens with one attached hydrogen (secondary N) is 1. The number of carboxylic acids is 1. The number of carbonyl (C=O) groups is 2. The molecule has 1 amide bonds. The zero-order valence-corrected chi connectivity index (χ0v) is 12.2. The molecule has 0 aromatic rings. The molecule has 0 saturated carbocycles. The fourth-order valence-corrected chi connectivity index (χ4v) is 1.87. The molecule has 0 aromatic heterocycles. The van der Waals surface area contributed by atoms with Gasteiger partial charge in [0, 0.05) is 0 Å². The van der Waals surface area contributed by atoms with E-state index in [1.807, 2.05) is 0 Å². The van der Waals surface area contributed by atoms with Gasteiger partial charge in [-0.2, -0.15) is 0 Å². The van der Waals surface area contributed by atoms with Gasteiger partial charge in [-0.15, -0.1) is 0 Å². The zero-order valence-electron chi connectivity index (χ0n) is 12.2. The monoisotopic (exact) mass is 291 g/mol. The smallest absolute Gasteiger partial charge is 0.309 e. The molecule has 0 rings (SSSR count). The van der Waals surface area contributed by atoms with Crippen molar-refractivity contribution < 1.29 is 24.6 Å². The van der Waals surface area contributed by atoms with Gasteiger partial charge in [-0.05, 0) is 12.3 Å². The van der Waals surface area contributed by atoms with Crippen LogP contribution in [0.2, 0.25) is 0 Å². The van der Waals surface area contributed by atoms with Crippen LogP contribution in [0.1, 0.15) is 27.2 Å². The number of hydroxylamine groups is 2. The second-order valence-electron chi connectivity index (χ2n) is 4.85. The maximum Gasteiger partial charge on any atom is 0.309 e. The van der Waals surface area contributed by atoms with E-state index in [1.54, 1.807) is 20.8 Å². The number of aliphatic carboxylic acids is 1. The lowest BCUT2D eigenvalue weighted by atomic mass is 9.88. The van der Waals surface area contributed by atoms with Gasteiger partial charge in [0.25, 0.3) is 0 Å². The number of hydrogen-bond acceptors (Lipinski definition) is 6. The van der Waals surface area contributed by atoms with E-state index >= 15 is 0 Å². The lowest BCUT2D eigenvalue weighted by molar-refractivity contribution is -0.149. The van der Waals surface area contributed by atoms with E-state index < -0.39 is 36.5 Å². The molecule has 0 fully saturated rings. The number of carboxylic acid groups (broad SMARTS) is 1. The van der Waals surface area contributed by atoms with Crippen molar-refractivity contribution in [3.05, 3.63) is 5.21 Å². The van der Waals surface area contributed by atoms with E-state index in [4.69, 9.17) is 5.11 Å². The Bertz CT molecular complexity index is 323. The molecule has 118 valence electrons. The summed E-state index contributed by atoms with van der Waals surface area (Å²) in [5.41, 5.74) is 0. The van der Waals surface area contributed by atoms with Gasteiger partial charge >= 0.3 is 5.97 Å². The maximum absolute atomic E-state index is 11.6. The summed E-state index contributed by atoms with van der Waals surface area (Å²) in [6.07, 6.45) is -0.995. The van der Waals surface area contributed by atoms with Crippen molar-refractivity contribution in [2.24, 2.45) is 11.8 Å². The zero-order chi connectivity index (χ0) is 15.9. The minimum Gasteiger partial charge on any atom is -0.762 e. The summed E-state index contributed by atoms with van der Waals surface area (Å²) in [5.74, 6) is -2.93. The summed E-state index contributed by atoms with van der Waals surface area (Å²) in [6.45, 7) is 4.59. The fourth-order valence-electron chi connectivity index (χ4n) is 1.87. The molecule has 20 heavy (non-hydrogen) atoms. The summed E-state index contributed by atoms with van der Waals surface area (Å²) in [6, 6.07) is -0.756. The summed E-state index contributed by atoms with van der Waals surface area (Å²) in [7, 11) is 1.13. The third kappa shape index (κ3) is 5.83. The van der Waals surface area contributed by atoms with Gasteiger partial charge in [0.2, 0.25) is 5.91 Å². The van der Waals surface area contributed by atoms with E-state index in [1.165, 1.54) is 0 Å². The topological polar surface area (TPSA) is 122 Å². The first kappa shape index (κ1) is 18.8. The van der Waals surface area contributed by atoms with Crippen LogP contribution in [0.4, 0.5) is 0 Å². The van der Waals surface area contributed by atoms with Crippen LogP contribution in [0.5, 0.6) is 0 Å². The van der Waals surface area contributed by atoms with Crippen molar-refractivity contribution in [1.82, 2.24) is 10.5 Å².